The number of nitrogens with zero attached hydrogens (tertiary/aromatic N) is 3. The SMILES string of the molecule is Cc1ccc(OCc2nn(C[NH+]3CCCC3)c(=S)n2C)cc1C. The van der Waals surface area contributed by atoms with Crippen molar-refractivity contribution in [3.8, 4) is 5.75 Å². The van der Waals surface area contributed by atoms with Gasteiger partial charge in [0.05, 0.1) is 13.1 Å². The van der Waals surface area contributed by atoms with Crippen LogP contribution in [0.5, 0.6) is 5.75 Å². The van der Waals surface area contributed by atoms with Crippen LogP contribution in [-0.4, -0.2) is 27.4 Å². The third-order valence-electron chi connectivity index (χ3n) is 4.66. The summed E-state index contributed by atoms with van der Waals surface area (Å²) in [6.45, 7) is 7.92. The second-order valence-electron chi connectivity index (χ2n) is 6.41. The molecule has 1 N–H and O–H groups in total. The number of hydrogen-bond donors (Lipinski definition) is 1. The summed E-state index contributed by atoms with van der Waals surface area (Å²) < 4.78 is 10.6. The number of quaternary nitrogens is 1. The molecule has 6 heteroatoms. The fraction of sp³-hybridized carbons (Fsp3) is 0.529. The summed E-state index contributed by atoms with van der Waals surface area (Å²) in [5.41, 5.74) is 2.51. The van der Waals surface area contributed by atoms with Crippen LogP contribution in [0, 0.1) is 18.6 Å². The topological polar surface area (TPSA) is 36.4 Å². The van der Waals surface area contributed by atoms with Crippen molar-refractivity contribution in [1.29, 1.82) is 0 Å². The van der Waals surface area contributed by atoms with E-state index in [1.165, 1.54) is 37.1 Å². The Morgan fingerprint density at radius 1 is 1.22 bits per heavy atom. The van der Waals surface area contributed by atoms with E-state index in [1.54, 1.807) is 4.90 Å². The molecule has 5 nitrogen and oxygen atoms in total. The fourth-order valence-corrected chi connectivity index (χ4v) is 3.17. The van der Waals surface area contributed by atoms with Crippen molar-refractivity contribution in [2.24, 2.45) is 7.05 Å². The molecule has 1 saturated heterocycles. The molecular formula is C17H25N4OS+. The van der Waals surface area contributed by atoms with Gasteiger partial charge in [-0.2, -0.15) is 4.68 Å². The standard InChI is InChI=1S/C17H24N4OS/c1-13-6-7-15(10-14(13)2)22-11-16-18-21(17(23)19(16)3)12-20-8-4-5-9-20/h6-7,10H,4-5,8-9,11-12H2,1-3H3/p+1. The van der Waals surface area contributed by atoms with Gasteiger partial charge in [0, 0.05) is 19.9 Å². The van der Waals surface area contributed by atoms with Crippen molar-refractivity contribution in [1.82, 2.24) is 14.3 Å². The minimum Gasteiger partial charge on any atom is -0.486 e. The first-order valence-corrected chi connectivity index (χ1v) is 8.62. The Labute approximate surface area is 142 Å². The van der Waals surface area contributed by atoms with Gasteiger partial charge in [-0.05, 0) is 49.3 Å². The Hall–Kier alpha value is -1.66. The average molecular weight is 333 g/mol. The number of benzene rings is 1. The fourth-order valence-electron chi connectivity index (χ4n) is 2.96. The maximum absolute atomic E-state index is 5.90. The van der Waals surface area contributed by atoms with Crippen LogP contribution in [0.1, 0.15) is 29.8 Å². The molecule has 2 aromatic rings. The molecule has 1 aromatic carbocycles. The highest BCUT2D eigenvalue weighted by Gasteiger charge is 2.18. The zero-order chi connectivity index (χ0) is 16.4. The normalized spacial score (nSPS) is 15.3. The summed E-state index contributed by atoms with van der Waals surface area (Å²) in [7, 11) is 1.96. The highest BCUT2D eigenvalue weighted by atomic mass is 32.1. The highest BCUT2D eigenvalue weighted by Crippen LogP contribution is 2.17. The van der Waals surface area contributed by atoms with E-state index >= 15 is 0 Å². The summed E-state index contributed by atoms with van der Waals surface area (Å²) in [6, 6.07) is 6.15. The minimum absolute atomic E-state index is 0.435. The minimum atomic E-state index is 0.435. The molecule has 0 amide bonds. The first kappa shape index (κ1) is 16.2. The maximum atomic E-state index is 5.90. The lowest BCUT2D eigenvalue weighted by Crippen LogP contribution is -3.09. The number of likely N-dealkylation sites (tertiary alicyclic amines) is 1. The molecule has 124 valence electrons. The first-order chi connectivity index (χ1) is 11.0. The van der Waals surface area contributed by atoms with Crippen molar-refractivity contribution in [3.05, 3.63) is 39.9 Å². The van der Waals surface area contributed by atoms with E-state index in [0.717, 1.165) is 23.0 Å². The summed E-state index contributed by atoms with van der Waals surface area (Å²) in [5.74, 6) is 1.74. The van der Waals surface area contributed by atoms with Gasteiger partial charge in [0.25, 0.3) is 0 Å². The largest absolute Gasteiger partial charge is 0.486 e. The van der Waals surface area contributed by atoms with Gasteiger partial charge >= 0.3 is 0 Å². The summed E-state index contributed by atoms with van der Waals surface area (Å²) >= 11 is 5.51. The Morgan fingerprint density at radius 2 is 1.96 bits per heavy atom. The predicted molar refractivity (Wildman–Crippen MR) is 92.2 cm³/mol. The lowest BCUT2D eigenvalue weighted by atomic mass is 10.1. The molecule has 0 bridgehead atoms. The molecule has 1 aliphatic heterocycles. The van der Waals surface area contributed by atoms with Gasteiger partial charge in [0.2, 0.25) is 4.77 Å². The molecule has 23 heavy (non-hydrogen) atoms. The van der Waals surface area contributed by atoms with Crippen LogP contribution in [0.3, 0.4) is 0 Å². The van der Waals surface area contributed by atoms with Gasteiger partial charge in [0.15, 0.2) is 12.5 Å². The number of nitrogens with one attached hydrogen (secondary N) is 1. The van der Waals surface area contributed by atoms with Crippen LogP contribution < -0.4 is 9.64 Å². The zero-order valence-electron chi connectivity index (χ0n) is 14.1. The van der Waals surface area contributed by atoms with Crippen LogP contribution in [0.4, 0.5) is 0 Å². The summed E-state index contributed by atoms with van der Waals surface area (Å²) in [5, 5.41) is 4.66. The molecule has 0 atom stereocenters. The Kier molecular flexibility index (Phi) is 4.82. The Morgan fingerprint density at radius 3 is 2.65 bits per heavy atom. The second kappa shape index (κ2) is 6.84. The predicted octanol–water partition coefficient (Wildman–Crippen LogP) is 1.78. The number of rotatable bonds is 5. The van der Waals surface area contributed by atoms with E-state index in [-0.39, 0.29) is 0 Å². The van der Waals surface area contributed by atoms with E-state index in [9.17, 15) is 0 Å². The summed E-state index contributed by atoms with van der Waals surface area (Å²) in [6.07, 6.45) is 2.61. The lowest BCUT2D eigenvalue weighted by molar-refractivity contribution is -0.911. The van der Waals surface area contributed by atoms with Crippen molar-refractivity contribution in [2.45, 2.75) is 40.0 Å². The second-order valence-corrected chi connectivity index (χ2v) is 6.77. The monoisotopic (exact) mass is 333 g/mol. The molecule has 0 unspecified atom stereocenters. The quantitative estimate of drug-likeness (QED) is 0.848. The smallest absolute Gasteiger partial charge is 0.202 e. The molecule has 2 heterocycles. The van der Waals surface area contributed by atoms with Crippen LogP contribution in [0.15, 0.2) is 18.2 Å². The lowest BCUT2D eigenvalue weighted by Gasteiger charge is -2.10. The highest BCUT2D eigenvalue weighted by molar-refractivity contribution is 7.71. The van der Waals surface area contributed by atoms with Crippen LogP contribution in [0.2, 0.25) is 0 Å². The van der Waals surface area contributed by atoms with Gasteiger partial charge in [-0.15, -0.1) is 5.10 Å². The van der Waals surface area contributed by atoms with Crippen molar-refractivity contribution in [2.75, 3.05) is 13.1 Å². The van der Waals surface area contributed by atoms with Crippen molar-refractivity contribution >= 4 is 12.2 Å². The third-order valence-corrected chi connectivity index (χ3v) is 5.15. The molecule has 1 fully saturated rings. The molecule has 0 aliphatic carbocycles. The van der Waals surface area contributed by atoms with Gasteiger partial charge in [-0.3, -0.25) is 0 Å². The van der Waals surface area contributed by atoms with E-state index < -0.39 is 0 Å². The molecular weight excluding hydrogens is 308 g/mol. The van der Waals surface area contributed by atoms with Crippen LogP contribution in [-0.2, 0) is 20.3 Å². The maximum Gasteiger partial charge on any atom is 0.202 e. The summed E-state index contributed by atoms with van der Waals surface area (Å²) in [4.78, 5) is 1.56. The molecule has 3 rings (SSSR count). The number of hydrogen-bond acceptors (Lipinski definition) is 3. The first-order valence-electron chi connectivity index (χ1n) is 8.21. The molecule has 1 aliphatic rings. The van der Waals surface area contributed by atoms with Crippen LogP contribution in [0.25, 0.3) is 0 Å². The van der Waals surface area contributed by atoms with E-state index in [4.69, 9.17) is 17.0 Å². The Balaban J connectivity index is 1.70. The number of ether oxygens (including phenoxy) is 1. The van der Waals surface area contributed by atoms with E-state index in [2.05, 4.69) is 31.1 Å². The van der Waals surface area contributed by atoms with Gasteiger partial charge in [0.1, 0.15) is 12.4 Å². The third kappa shape index (κ3) is 3.64. The average Bonchev–Trinajstić information content (AvgIpc) is 3.13. The van der Waals surface area contributed by atoms with Gasteiger partial charge in [-0.25, -0.2) is 0 Å². The van der Waals surface area contributed by atoms with Crippen molar-refractivity contribution < 1.29 is 9.64 Å². The van der Waals surface area contributed by atoms with Gasteiger partial charge < -0.3 is 14.2 Å². The zero-order valence-corrected chi connectivity index (χ0v) is 14.9. The number of aryl methyl sites for hydroxylation is 2. The Bertz CT molecular complexity index is 744. The van der Waals surface area contributed by atoms with E-state index in [0.29, 0.717) is 6.61 Å². The van der Waals surface area contributed by atoms with Crippen molar-refractivity contribution in [3.63, 3.8) is 0 Å². The molecule has 0 radical (unpaired) electrons. The molecule has 1 aromatic heterocycles. The number of aromatic nitrogens is 3. The molecule has 0 saturated carbocycles. The van der Waals surface area contributed by atoms with Crippen LogP contribution >= 0.6 is 12.2 Å². The van der Waals surface area contributed by atoms with Gasteiger partial charge in [-0.1, -0.05) is 6.07 Å². The van der Waals surface area contributed by atoms with E-state index in [1.807, 2.05) is 22.4 Å². The molecule has 0 spiro atoms.